The van der Waals surface area contributed by atoms with E-state index in [2.05, 4.69) is 17.2 Å². The van der Waals surface area contributed by atoms with Gasteiger partial charge in [-0.05, 0) is 17.0 Å². The molecule has 0 amide bonds. The number of aromatic nitrogens is 2. The minimum absolute atomic E-state index is 0.813. The predicted octanol–water partition coefficient (Wildman–Crippen LogP) is 2.82. The van der Waals surface area contributed by atoms with Gasteiger partial charge in [0.2, 0.25) is 0 Å². The van der Waals surface area contributed by atoms with Crippen molar-refractivity contribution >= 4 is 16.5 Å². The molecule has 0 atom stereocenters. The lowest BCUT2D eigenvalue weighted by Crippen LogP contribution is -1.88. The van der Waals surface area contributed by atoms with Crippen LogP contribution < -0.4 is 5.73 Å². The predicted molar refractivity (Wildman–Crippen MR) is 70.6 cm³/mol. The molecule has 1 heterocycles. The van der Waals surface area contributed by atoms with Crippen LogP contribution in [0.5, 0.6) is 0 Å². The summed E-state index contributed by atoms with van der Waals surface area (Å²) in [7, 11) is 1.92. The zero-order chi connectivity index (χ0) is 11.8. The highest BCUT2D eigenvalue weighted by Gasteiger charge is 2.06. The average molecular weight is 223 g/mol. The van der Waals surface area contributed by atoms with E-state index in [9.17, 15) is 0 Å². The number of aryl methyl sites for hydroxylation is 1. The van der Waals surface area contributed by atoms with Gasteiger partial charge >= 0.3 is 0 Å². The Morgan fingerprint density at radius 1 is 1.06 bits per heavy atom. The molecule has 3 rings (SSSR count). The van der Waals surface area contributed by atoms with E-state index in [1.54, 1.807) is 4.68 Å². The molecule has 2 N–H and O–H groups in total. The first-order valence-electron chi connectivity index (χ1n) is 5.52. The fourth-order valence-corrected chi connectivity index (χ4v) is 2.13. The van der Waals surface area contributed by atoms with Gasteiger partial charge in [0, 0.05) is 29.9 Å². The van der Waals surface area contributed by atoms with E-state index in [1.165, 1.54) is 10.9 Å². The molecule has 0 fully saturated rings. The van der Waals surface area contributed by atoms with Gasteiger partial charge < -0.3 is 5.73 Å². The SMILES string of the molecule is Cn1cc(-c2ccc(N)c3ccccc23)cn1. The van der Waals surface area contributed by atoms with Crippen molar-refractivity contribution in [2.75, 3.05) is 5.73 Å². The molecule has 1 aromatic heterocycles. The molecule has 0 aliphatic rings. The summed E-state index contributed by atoms with van der Waals surface area (Å²) in [5.41, 5.74) is 9.08. The van der Waals surface area contributed by atoms with Gasteiger partial charge in [0.15, 0.2) is 0 Å². The lowest BCUT2D eigenvalue weighted by atomic mass is 9.99. The van der Waals surface area contributed by atoms with Crippen molar-refractivity contribution < 1.29 is 0 Å². The zero-order valence-corrected chi connectivity index (χ0v) is 9.59. The number of hydrogen-bond acceptors (Lipinski definition) is 2. The number of nitrogens with zero attached hydrogens (tertiary/aromatic N) is 2. The van der Waals surface area contributed by atoms with E-state index < -0.39 is 0 Å². The largest absolute Gasteiger partial charge is 0.398 e. The molecule has 2 aromatic carbocycles. The van der Waals surface area contributed by atoms with Gasteiger partial charge in [0.05, 0.1) is 6.20 Å². The van der Waals surface area contributed by atoms with Gasteiger partial charge in [0.1, 0.15) is 0 Å². The van der Waals surface area contributed by atoms with Gasteiger partial charge in [0.25, 0.3) is 0 Å². The number of nitrogens with two attached hydrogens (primary N) is 1. The smallest absolute Gasteiger partial charge is 0.0568 e. The van der Waals surface area contributed by atoms with E-state index in [-0.39, 0.29) is 0 Å². The van der Waals surface area contributed by atoms with Crippen molar-refractivity contribution in [1.82, 2.24) is 9.78 Å². The summed E-state index contributed by atoms with van der Waals surface area (Å²) in [6, 6.07) is 12.2. The maximum Gasteiger partial charge on any atom is 0.0568 e. The standard InChI is InChI=1S/C14H13N3/c1-17-9-10(8-16-17)11-6-7-14(15)13-5-3-2-4-12(11)13/h2-9H,15H2,1H3. The fraction of sp³-hybridized carbons (Fsp3) is 0.0714. The third-order valence-corrected chi connectivity index (χ3v) is 2.97. The lowest BCUT2D eigenvalue weighted by molar-refractivity contribution is 0.768. The molecule has 0 aliphatic heterocycles. The van der Waals surface area contributed by atoms with E-state index in [0.29, 0.717) is 0 Å². The van der Waals surface area contributed by atoms with Crippen molar-refractivity contribution in [2.45, 2.75) is 0 Å². The molecule has 3 heteroatoms. The Bertz CT molecular complexity index is 683. The molecule has 84 valence electrons. The normalized spacial score (nSPS) is 10.9. The molecule has 0 spiro atoms. The molecule has 3 nitrogen and oxygen atoms in total. The lowest BCUT2D eigenvalue weighted by Gasteiger charge is -2.06. The van der Waals surface area contributed by atoms with Gasteiger partial charge in [-0.1, -0.05) is 30.3 Å². The molecule has 0 bridgehead atoms. The minimum Gasteiger partial charge on any atom is -0.398 e. The average Bonchev–Trinajstić information content (AvgIpc) is 2.77. The third kappa shape index (κ3) is 1.56. The van der Waals surface area contributed by atoms with Crippen LogP contribution in [0.25, 0.3) is 21.9 Å². The molecule has 3 aromatic rings. The summed E-state index contributed by atoms with van der Waals surface area (Å²) in [6.45, 7) is 0. The maximum absolute atomic E-state index is 5.99. The van der Waals surface area contributed by atoms with Crippen LogP contribution in [0.1, 0.15) is 0 Å². The quantitative estimate of drug-likeness (QED) is 0.645. The van der Waals surface area contributed by atoms with E-state index >= 15 is 0 Å². The molecular weight excluding hydrogens is 210 g/mol. The number of benzene rings is 2. The molecule has 0 saturated carbocycles. The van der Waals surface area contributed by atoms with Crippen molar-refractivity contribution in [1.29, 1.82) is 0 Å². The Labute approximate surface area is 99.5 Å². The third-order valence-electron chi connectivity index (χ3n) is 2.97. The summed E-state index contributed by atoms with van der Waals surface area (Å²) in [5, 5.41) is 6.47. The molecule has 0 saturated heterocycles. The summed E-state index contributed by atoms with van der Waals surface area (Å²) in [6.07, 6.45) is 3.88. The summed E-state index contributed by atoms with van der Waals surface area (Å²) in [4.78, 5) is 0. The van der Waals surface area contributed by atoms with Crippen molar-refractivity contribution in [3.8, 4) is 11.1 Å². The van der Waals surface area contributed by atoms with E-state index in [1.807, 2.05) is 43.7 Å². The minimum atomic E-state index is 0.813. The van der Waals surface area contributed by atoms with Crippen LogP contribution >= 0.6 is 0 Å². The topological polar surface area (TPSA) is 43.8 Å². The molecule has 0 aliphatic carbocycles. The first-order valence-corrected chi connectivity index (χ1v) is 5.52. The van der Waals surface area contributed by atoms with E-state index in [0.717, 1.165) is 16.6 Å². The van der Waals surface area contributed by atoms with Crippen molar-refractivity contribution in [3.05, 3.63) is 48.8 Å². The monoisotopic (exact) mass is 223 g/mol. The van der Waals surface area contributed by atoms with Gasteiger partial charge in [-0.15, -0.1) is 0 Å². The Kier molecular flexibility index (Phi) is 2.11. The zero-order valence-electron chi connectivity index (χ0n) is 9.59. The van der Waals surface area contributed by atoms with Crippen LogP contribution in [0.2, 0.25) is 0 Å². The van der Waals surface area contributed by atoms with Gasteiger partial charge in [-0.2, -0.15) is 5.10 Å². The number of nitrogen functional groups attached to an aromatic ring is 1. The molecule has 17 heavy (non-hydrogen) atoms. The first kappa shape index (κ1) is 9.90. The van der Waals surface area contributed by atoms with Crippen LogP contribution in [0.4, 0.5) is 5.69 Å². The van der Waals surface area contributed by atoms with Crippen LogP contribution in [0, 0.1) is 0 Å². The molecule has 0 unspecified atom stereocenters. The highest BCUT2D eigenvalue weighted by molar-refractivity contribution is 6.02. The summed E-state index contributed by atoms with van der Waals surface area (Å²) >= 11 is 0. The number of anilines is 1. The van der Waals surface area contributed by atoms with Crippen molar-refractivity contribution in [2.24, 2.45) is 7.05 Å². The first-order chi connectivity index (χ1) is 8.25. The Balaban J connectivity index is 2.34. The Hall–Kier alpha value is -2.29. The molecular formula is C14H13N3. The van der Waals surface area contributed by atoms with Crippen LogP contribution in [-0.4, -0.2) is 9.78 Å². The second-order valence-corrected chi connectivity index (χ2v) is 4.15. The summed E-state index contributed by atoms with van der Waals surface area (Å²) < 4.78 is 1.81. The second-order valence-electron chi connectivity index (χ2n) is 4.15. The fourth-order valence-electron chi connectivity index (χ4n) is 2.13. The van der Waals surface area contributed by atoms with Crippen molar-refractivity contribution in [3.63, 3.8) is 0 Å². The van der Waals surface area contributed by atoms with Crippen LogP contribution in [0.15, 0.2) is 48.8 Å². The number of hydrogen-bond donors (Lipinski definition) is 1. The maximum atomic E-state index is 5.99. The Morgan fingerprint density at radius 2 is 1.82 bits per heavy atom. The number of fused-ring (bicyclic) bond motifs is 1. The van der Waals surface area contributed by atoms with Crippen LogP contribution in [0.3, 0.4) is 0 Å². The van der Waals surface area contributed by atoms with Gasteiger partial charge in [-0.25, -0.2) is 0 Å². The Morgan fingerprint density at radius 3 is 2.53 bits per heavy atom. The van der Waals surface area contributed by atoms with E-state index in [4.69, 9.17) is 5.73 Å². The van der Waals surface area contributed by atoms with Crippen LogP contribution in [-0.2, 0) is 7.05 Å². The number of rotatable bonds is 1. The highest BCUT2D eigenvalue weighted by Crippen LogP contribution is 2.31. The highest BCUT2D eigenvalue weighted by atomic mass is 15.2. The van der Waals surface area contributed by atoms with Gasteiger partial charge in [-0.3, -0.25) is 4.68 Å². The second kappa shape index (κ2) is 3.63. The summed E-state index contributed by atoms with van der Waals surface area (Å²) in [5.74, 6) is 0. The molecule has 0 radical (unpaired) electrons.